The second-order valence-electron chi connectivity index (χ2n) is 4.53. The number of piperidine rings is 1. The Morgan fingerprint density at radius 1 is 1.40 bits per heavy atom. The molecule has 3 N–H and O–H groups in total. The summed E-state index contributed by atoms with van der Waals surface area (Å²) in [6.07, 6.45) is 6.54. The number of aromatic nitrogens is 4. The van der Waals surface area contributed by atoms with E-state index in [1.165, 1.54) is 39.3 Å². The number of hydrogen-bond donors (Lipinski definition) is 2. The van der Waals surface area contributed by atoms with E-state index in [0.29, 0.717) is 0 Å². The smallest absolute Gasteiger partial charge is 0.351 e. The minimum absolute atomic E-state index is 0.137. The van der Waals surface area contributed by atoms with Crippen molar-refractivity contribution in [2.75, 3.05) is 13.1 Å². The van der Waals surface area contributed by atoms with Crippen molar-refractivity contribution in [3.05, 3.63) is 32.5 Å². The van der Waals surface area contributed by atoms with Gasteiger partial charge in [-0.25, -0.2) is 0 Å². The molecule has 0 bridgehead atoms. The van der Waals surface area contributed by atoms with Crippen LogP contribution < -0.4 is 10.9 Å². The third-order valence-electron chi connectivity index (χ3n) is 3.05. The van der Waals surface area contributed by atoms with E-state index in [1.54, 1.807) is 0 Å². The molecule has 3 rings (SSSR count). The largest absolute Gasteiger partial charge is 0.401 e. The van der Waals surface area contributed by atoms with Crippen LogP contribution in [0.1, 0.15) is 25.0 Å². The summed E-state index contributed by atoms with van der Waals surface area (Å²) in [7, 11) is 0. The van der Waals surface area contributed by atoms with Gasteiger partial charge in [0.25, 0.3) is 0 Å². The molecule has 0 aliphatic carbocycles. The first-order chi connectivity index (χ1) is 9.61. The zero-order valence-corrected chi connectivity index (χ0v) is 11.1. The van der Waals surface area contributed by atoms with Crippen LogP contribution in [0.2, 0.25) is 0 Å². The van der Waals surface area contributed by atoms with Crippen LogP contribution >= 0.6 is 0 Å². The number of rotatable bonds is 1. The van der Waals surface area contributed by atoms with Crippen LogP contribution in [-0.2, 0) is 0 Å². The molecule has 1 saturated heterocycles. The number of quaternary nitrogens is 1. The monoisotopic (exact) mass is 280 g/mol. The van der Waals surface area contributed by atoms with Gasteiger partial charge < -0.3 is 15.3 Å². The third-order valence-corrected chi connectivity index (χ3v) is 3.05. The SMILES string of the molecule is C1CC[NH2+]CC1.Cc1[nH]c2n[c-]nn2c(=O)c1[N+](=O)[O-]. The van der Waals surface area contributed by atoms with Crippen molar-refractivity contribution in [3.63, 3.8) is 0 Å². The average Bonchev–Trinajstić information content (AvgIpc) is 2.89. The molecule has 0 radical (unpaired) electrons. The van der Waals surface area contributed by atoms with Crippen molar-refractivity contribution in [2.45, 2.75) is 26.2 Å². The van der Waals surface area contributed by atoms with Crippen molar-refractivity contribution in [1.29, 1.82) is 0 Å². The summed E-state index contributed by atoms with van der Waals surface area (Å²) < 4.78 is 0.797. The molecule has 0 aromatic carbocycles. The first kappa shape index (κ1) is 14.1. The molecule has 0 saturated carbocycles. The van der Waals surface area contributed by atoms with Gasteiger partial charge in [0.2, 0.25) is 0 Å². The average molecular weight is 280 g/mol. The zero-order chi connectivity index (χ0) is 14.5. The lowest BCUT2D eigenvalue weighted by molar-refractivity contribution is -0.662. The van der Waals surface area contributed by atoms with Crippen molar-refractivity contribution in [3.8, 4) is 0 Å². The Morgan fingerprint density at radius 2 is 2.10 bits per heavy atom. The summed E-state index contributed by atoms with van der Waals surface area (Å²) in [6, 6.07) is 0. The Morgan fingerprint density at radius 3 is 2.60 bits per heavy atom. The van der Waals surface area contributed by atoms with Crippen LogP contribution in [0.4, 0.5) is 5.69 Å². The molecule has 2 aromatic heterocycles. The van der Waals surface area contributed by atoms with Gasteiger partial charge in [0.05, 0.1) is 29.5 Å². The lowest BCUT2D eigenvalue weighted by Crippen LogP contribution is -2.85. The number of aromatic amines is 1. The van der Waals surface area contributed by atoms with Crippen LogP contribution in [0, 0.1) is 23.4 Å². The molecule has 0 unspecified atom stereocenters. The highest BCUT2D eigenvalue weighted by molar-refractivity contribution is 5.38. The molecule has 9 heteroatoms. The number of nitro groups is 1. The predicted octanol–water partition coefficient (Wildman–Crippen LogP) is -0.832. The molecule has 0 amide bonds. The fraction of sp³-hybridized carbons (Fsp3) is 0.545. The van der Waals surface area contributed by atoms with E-state index >= 15 is 0 Å². The Balaban J connectivity index is 0.000000205. The number of nitrogens with zero attached hydrogens (tertiary/aromatic N) is 4. The lowest BCUT2D eigenvalue weighted by atomic mass is 10.2. The van der Waals surface area contributed by atoms with Gasteiger partial charge in [0.15, 0.2) is 0 Å². The van der Waals surface area contributed by atoms with Gasteiger partial charge >= 0.3 is 11.2 Å². The van der Waals surface area contributed by atoms with Gasteiger partial charge in [-0.1, -0.05) is 0 Å². The molecule has 0 atom stereocenters. The molecular weight excluding hydrogens is 264 g/mol. The van der Waals surface area contributed by atoms with Crippen LogP contribution in [0.15, 0.2) is 4.79 Å². The fourth-order valence-electron chi connectivity index (χ4n) is 2.03. The van der Waals surface area contributed by atoms with Crippen LogP contribution in [0.3, 0.4) is 0 Å². The van der Waals surface area contributed by atoms with Gasteiger partial charge in [0, 0.05) is 0 Å². The lowest BCUT2D eigenvalue weighted by Gasteiger charge is -2.05. The molecule has 1 aliphatic heterocycles. The Bertz CT molecular complexity index is 646. The van der Waals surface area contributed by atoms with Crippen molar-refractivity contribution in [2.24, 2.45) is 0 Å². The number of nitrogens with two attached hydrogens (primary N) is 1. The highest BCUT2D eigenvalue weighted by Gasteiger charge is 2.17. The molecule has 2 aromatic rings. The molecule has 108 valence electrons. The number of nitrogens with one attached hydrogen (secondary N) is 1. The maximum atomic E-state index is 11.4. The molecule has 9 nitrogen and oxygen atoms in total. The summed E-state index contributed by atoms with van der Waals surface area (Å²) in [4.78, 5) is 27.4. The van der Waals surface area contributed by atoms with Crippen LogP contribution in [-0.4, -0.2) is 37.6 Å². The molecule has 0 spiro atoms. The number of hydrogen-bond acceptors (Lipinski definition) is 5. The quantitative estimate of drug-likeness (QED) is 0.401. The van der Waals surface area contributed by atoms with E-state index in [-0.39, 0.29) is 11.5 Å². The van der Waals surface area contributed by atoms with E-state index in [1.807, 2.05) is 0 Å². The summed E-state index contributed by atoms with van der Waals surface area (Å²) in [5, 5.41) is 16.3. The van der Waals surface area contributed by atoms with Gasteiger partial charge in [-0.3, -0.25) is 24.5 Å². The third kappa shape index (κ3) is 2.99. The topological polar surface area (TPSA) is 123 Å². The van der Waals surface area contributed by atoms with Gasteiger partial charge in [-0.05, 0) is 32.5 Å². The van der Waals surface area contributed by atoms with E-state index in [2.05, 4.69) is 26.7 Å². The molecule has 20 heavy (non-hydrogen) atoms. The maximum absolute atomic E-state index is 11.4. The van der Waals surface area contributed by atoms with E-state index in [0.717, 1.165) is 4.52 Å². The molecule has 3 heterocycles. The standard InChI is InChI=1S/C6H4N5O3.C5H11N/c1-3-4(11(13)14)5(12)10-6(9-3)7-2-8-10;1-2-4-6-5-3-1/h1H3,(H,7,8,9);6H,1-5H2/q-1;/p+1. The van der Waals surface area contributed by atoms with Gasteiger partial charge in [0.1, 0.15) is 0 Å². The minimum Gasteiger partial charge on any atom is -0.401 e. The molecular formula is C11H16N6O3. The van der Waals surface area contributed by atoms with Crippen LogP contribution in [0.5, 0.6) is 0 Å². The van der Waals surface area contributed by atoms with Crippen molar-refractivity contribution >= 4 is 11.5 Å². The number of aryl methyl sites for hydroxylation is 1. The van der Waals surface area contributed by atoms with Gasteiger partial charge in [-0.15, -0.1) is 0 Å². The highest BCUT2D eigenvalue weighted by atomic mass is 16.6. The molecule has 1 aliphatic rings. The summed E-state index contributed by atoms with van der Waals surface area (Å²) in [5.41, 5.74) is -1.19. The minimum atomic E-state index is -0.810. The summed E-state index contributed by atoms with van der Waals surface area (Å²) >= 11 is 0. The second-order valence-corrected chi connectivity index (χ2v) is 4.53. The van der Waals surface area contributed by atoms with E-state index in [4.69, 9.17) is 0 Å². The fourth-order valence-corrected chi connectivity index (χ4v) is 2.03. The number of fused-ring (bicyclic) bond motifs is 1. The Labute approximate surface area is 114 Å². The zero-order valence-electron chi connectivity index (χ0n) is 11.1. The number of H-pyrrole nitrogens is 1. The first-order valence-corrected chi connectivity index (χ1v) is 6.43. The first-order valence-electron chi connectivity index (χ1n) is 6.43. The van der Waals surface area contributed by atoms with Crippen molar-refractivity contribution < 1.29 is 10.2 Å². The predicted molar refractivity (Wildman–Crippen MR) is 69.3 cm³/mol. The van der Waals surface area contributed by atoms with E-state index < -0.39 is 16.2 Å². The summed E-state index contributed by atoms with van der Waals surface area (Å²) in [5.74, 6) is 0.137. The van der Waals surface area contributed by atoms with Crippen LogP contribution in [0.25, 0.3) is 5.78 Å². The maximum Gasteiger partial charge on any atom is 0.351 e. The normalized spacial score (nSPS) is 14.7. The van der Waals surface area contributed by atoms with E-state index in [9.17, 15) is 14.9 Å². The summed E-state index contributed by atoms with van der Waals surface area (Å²) in [6.45, 7) is 4.17. The van der Waals surface area contributed by atoms with Gasteiger partial charge in [-0.2, -0.15) is 0 Å². The second kappa shape index (κ2) is 6.24. The Hall–Kier alpha value is -2.29. The Kier molecular flexibility index (Phi) is 4.41. The van der Waals surface area contributed by atoms with Crippen molar-refractivity contribution in [1.82, 2.24) is 19.6 Å². The molecule has 1 fully saturated rings. The highest BCUT2D eigenvalue weighted by Crippen LogP contribution is 2.08.